The Morgan fingerprint density at radius 3 is 1.35 bits per heavy atom. The maximum absolute atomic E-state index is 10.3. The third kappa shape index (κ3) is 22.9. The van der Waals surface area contributed by atoms with Crippen molar-refractivity contribution in [2.24, 2.45) is 0 Å². The van der Waals surface area contributed by atoms with Crippen LogP contribution in [0.4, 0.5) is 0 Å². The summed E-state index contributed by atoms with van der Waals surface area (Å²) in [6.45, 7) is 2.46. The van der Waals surface area contributed by atoms with E-state index in [0.717, 1.165) is 0 Å². The molecular weight excluding hydrogens is 421 g/mol. The van der Waals surface area contributed by atoms with E-state index in [1.807, 2.05) is 0 Å². The van der Waals surface area contributed by atoms with Crippen molar-refractivity contribution < 1.29 is 65.7 Å². The zero-order chi connectivity index (χ0) is 18.1. The molecule has 1 unspecified atom stereocenters. The summed E-state index contributed by atoms with van der Waals surface area (Å²) in [4.78, 5) is 50.5. The molecule has 0 aromatic heterocycles. The monoisotopic (exact) mass is 444 g/mol. The first-order valence-corrected chi connectivity index (χ1v) is 5.61. The molecule has 15 heteroatoms. The second-order valence-electron chi connectivity index (χ2n) is 4.07. The van der Waals surface area contributed by atoms with E-state index in [9.17, 15) is 24.0 Å². The van der Waals surface area contributed by atoms with Gasteiger partial charge in [-0.3, -0.25) is 14.4 Å². The molecular formula is C11H24CaMg3O11. The molecule has 0 rings (SSSR count). The Morgan fingerprint density at radius 1 is 0.923 bits per heavy atom. The van der Waals surface area contributed by atoms with Gasteiger partial charge in [0.05, 0.1) is 12.8 Å². The molecule has 5 N–H and O–H groups in total. The number of aliphatic carboxylic acids is 4. The molecule has 11 nitrogen and oxygen atoms in total. The molecule has 0 aliphatic rings. The normalized spacial score (nSPS) is 9.65. The fourth-order valence-electron chi connectivity index (χ4n) is 1.01. The van der Waals surface area contributed by atoms with Gasteiger partial charge in [-0.15, -0.1) is 0 Å². The average Bonchev–Trinajstić information content (AvgIpc) is 2.25. The SMILES string of the molecule is CC(=O)OC(C)C(=O)O.O=C(O)CC(O)(CC(=O)O)C(=O)O.[Ca+2].[H-].[H-].[H-].[H-].[H-].[H-].[H-].[H-].[Mg+2].[Mg+2].[Mg+2]. The molecule has 0 fully saturated rings. The molecule has 0 aromatic rings. The Bertz CT molecular complexity index is 483. The Labute approximate surface area is 238 Å². The van der Waals surface area contributed by atoms with E-state index in [4.69, 9.17) is 25.5 Å². The summed E-state index contributed by atoms with van der Waals surface area (Å²) in [5, 5.41) is 42.0. The van der Waals surface area contributed by atoms with Gasteiger partial charge in [0.1, 0.15) is 0 Å². The predicted molar refractivity (Wildman–Crippen MR) is 97.9 cm³/mol. The molecule has 0 saturated heterocycles. The van der Waals surface area contributed by atoms with E-state index in [0.29, 0.717) is 0 Å². The van der Waals surface area contributed by atoms with E-state index in [1.54, 1.807) is 0 Å². The van der Waals surface area contributed by atoms with Crippen LogP contribution in [0, 0.1) is 0 Å². The van der Waals surface area contributed by atoms with Crippen LogP contribution in [0.15, 0.2) is 0 Å². The summed E-state index contributed by atoms with van der Waals surface area (Å²) in [6.07, 6.45) is -3.33. The molecule has 0 aliphatic heterocycles. The van der Waals surface area contributed by atoms with E-state index >= 15 is 0 Å². The van der Waals surface area contributed by atoms with E-state index < -0.39 is 54.4 Å². The standard InChI is InChI=1S/C6H8O7.C5H8O4.Ca.3Mg.8H/c7-3(8)1-6(13,5(11)12)2-4(9)10;1-3(5(7)8)9-4(2)6;;;;;;;;;;;;/h13H,1-2H2,(H,7,8)(H,9,10)(H,11,12);3H,1-2H3,(H,7,8);;;;;;;;;;;;/q;;4*+2;8*-1. The van der Waals surface area contributed by atoms with Crippen LogP contribution in [0.1, 0.15) is 38.1 Å². The van der Waals surface area contributed by atoms with Crippen molar-refractivity contribution in [2.75, 3.05) is 0 Å². The minimum Gasteiger partial charge on any atom is -1.00 e. The third-order valence-electron chi connectivity index (χ3n) is 1.98. The molecule has 0 radical (unpaired) electrons. The summed E-state index contributed by atoms with van der Waals surface area (Å²) >= 11 is 0. The smallest absolute Gasteiger partial charge is 1.00 e. The Balaban J connectivity index is -0.0000000149. The van der Waals surface area contributed by atoms with Gasteiger partial charge in [-0.05, 0) is 6.92 Å². The first-order valence-electron chi connectivity index (χ1n) is 5.61. The summed E-state index contributed by atoms with van der Waals surface area (Å²) in [6, 6.07) is 0. The number of carbonyl (C=O) groups is 5. The quantitative estimate of drug-likeness (QED) is 0.218. The number of hydrogen-bond acceptors (Lipinski definition) is 7. The minimum absolute atomic E-state index is 0. The third-order valence-corrected chi connectivity index (χ3v) is 1.98. The van der Waals surface area contributed by atoms with E-state index in [1.165, 1.54) is 13.8 Å². The number of carboxylic acids is 4. The van der Waals surface area contributed by atoms with Crippen LogP contribution < -0.4 is 0 Å². The molecule has 0 bridgehead atoms. The predicted octanol–water partition coefficient (Wildman–Crippen LogP) is -1.85. The van der Waals surface area contributed by atoms with Gasteiger partial charge in [-0.1, -0.05) is 0 Å². The summed E-state index contributed by atoms with van der Waals surface area (Å²) < 4.78 is 4.27. The molecule has 0 spiro atoms. The minimum atomic E-state index is -2.74. The number of hydrogen-bond donors (Lipinski definition) is 5. The molecule has 0 saturated carbocycles. The van der Waals surface area contributed by atoms with Crippen LogP contribution in [0.5, 0.6) is 0 Å². The molecule has 142 valence electrons. The van der Waals surface area contributed by atoms with Crippen LogP contribution in [0.25, 0.3) is 0 Å². The zero-order valence-electron chi connectivity index (χ0n) is 22.5. The summed E-state index contributed by atoms with van der Waals surface area (Å²) in [7, 11) is 0. The van der Waals surface area contributed by atoms with Crippen molar-refractivity contribution in [2.45, 2.75) is 38.4 Å². The van der Waals surface area contributed by atoms with Gasteiger partial charge >= 0.3 is 137 Å². The maximum atomic E-state index is 10.3. The summed E-state index contributed by atoms with van der Waals surface area (Å²) in [5.41, 5.74) is -2.74. The van der Waals surface area contributed by atoms with Crippen LogP contribution in [0.3, 0.4) is 0 Å². The van der Waals surface area contributed by atoms with Crippen molar-refractivity contribution in [3.8, 4) is 0 Å². The first-order chi connectivity index (χ1) is 9.81. The van der Waals surface area contributed by atoms with Gasteiger partial charge < -0.3 is 41.7 Å². The topological polar surface area (TPSA) is 196 Å². The number of rotatable bonds is 7. The molecule has 0 amide bonds. The Kier molecular flexibility index (Phi) is 32.7. The van der Waals surface area contributed by atoms with Gasteiger partial charge in [-0.2, -0.15) is 0 Å². The maximum Gasteiger partial charge on any atom is 2.00 e. The summed E-state index contributed by atoms with van der Waals surface area (Å²) in [5.74, 6) is -6.73. The number of carbonyl (C=O) groups excluding carboxylic acids is 1. The molecule has 1 atom stereocenters. The second kappa shape index (κ2) is 20.6. The number of ether oxygens (including phenoxy) is 1. The van der Waals surface area contributed by atoms with Crippen LogP contribution in [-0.4, -0.2) is 174 Å². The second-order valence-corrected chi connectivity index (χ2v) is 4.07. The van der Waals surface area contributed by atoms with Gasteiger partial charge in [0, 0.05) is 6.92 Å². The van der Waals surface area contributed by atoms with E-state index in [2.05, 4.69) is 4.74 Å². The van der Waals surface area contributed by atoms with Crippen molar-refractivity contribution >= 4 is 137 Å². The molecule has 26 heavy (non-hydrogen) atoms. The fraction of sp³-hybridized carbons (Fsp3) is 0.545. The van der Waals surface area contributed by atoms with Crippen molar-refractivity contribution in [3.63, 3.8) is 0 Å². The van der Waals surface area contributed by atoms with Crippen molar-refractivity contribution in [3.05, 3.63) is 0 Å². The van der Waals surface area contributed by atoms with Crippen molar-refractivity contribution in [1.29, 1.82) is 0 Å². The van der Waals surface area contributed by atoms with Gasteiger partial charge in [0.2, 0.25) is 0 Å². The van der Waals surface area contributed by atoms with Gasteiger partial charge in [0.15, 0.2) is 11.7 Å². The van der Waals surface area contributed by atoms with Gasteiger partial charge in [-0.25, -0.2) is 9.59 Å². The molecule has 0 aromatic carbocycles. The van der Waals surface area contributed by atoms with E-state index in [-0.39, 0.29) is 118 Å². The van der Waals surface area contributed by atoms with Crippen LogP contribution in [0.2, 0.25) is 0 Å². The number of carboxylic acid groups (broad SMARTS) is 4. The first kappa shape index (κ1) is 41.3. The zero-order valence-corrected chi connectivity index (χ0v) is 21.0. The number of esters is 1. The van der Waals surface area contributed by atoms with Crippen LogP contribution >= 0.6 is 0 Å². The molecule has 0 aliphatic carbocycles. The Morgan fingerprint density at radius 2 is 1.23 bits per heavy atom. The van der Waals surface area contributed by atoms with Gasteiger partial charge in [0.25, 0.3) is 0 Å². The van der Waals surface area contributed by atoms with Crippen LogP contribution in [-0.2, 0) is 28.7 Å². The largest absolute Gasteiger partial charge is 2.00 e. The number of aliphatic hydroxyl groups is 1. The molecule has 0 heterocycles. The Hall–Kier alpha value is 0.868. The van der Waals surface area contributed by atoms with Crippen molar-refractivity contribution in [1.82, 2.24) is 0 Å². The average molecular weight is 445 g/mol. The fourth-order valence-corrected chi connectivity index (χ4v) is 1.01.